The van der Waals surface area contributed by atoms with Crippen molar-refractivity contribution in [2.45, 2.75) is 40.2 Å². The summed E-state index contributed by atoms with van der Waals surface area (Å²) < 4.78 is 23.1. The Morgan fingerprint density at radius 1 is 1.39 bits per heavy atom. The first-order valence-electron chi connectivity index (χ1n) is 6.91. The predicted octanol–water partition coefficient (Wildman–Crippen LogP) is 1.13. The molecule has 0 bridgehead atoms. The Hall–Kier alpha value is -0.130. The van der Waals surface area contributed by atoms with Gasteiger partial charge in [-0.05, 0) is 25.3 Å². The van der Waals surface area contributed by atoms with E-state index >= 15 is 0 Å². The van der Waals surface area contributed by atoms with E-state index in [2.05, 4.69) is 31.0 Å². The molecule has 0 aliphatic carbocycles. The van der Waals surface area contributed by atoms with Gasteiger partial charge in [-0.3, -0.25) is 4.90 Å². The van der Waals surface area contributed by atoms with Crippen LogP contribution in [0.3, 0.4) is 0 Å². The predicted molar refractivity (Wildman–Crippen MR) is 76.6 cm³/mol. The van der Waals surface area contributed by atoms with Crippen molar-refractivity contribution >= 4 is 9.84 Å². The summed E-state index contributed by atoms with van der Waals surface area (Å²) in [6.45, 7) is 12.3. The summed E-state index contributed by atoms with van der Waals surface area (Å²) in [6, 6.07) is 0.147. The molecule has 108 valence electrons. The van der Waals surface area contributed by atoms with Crippen LogP contribution in [-0.2, 0) is 9.84 Å². The molecule has 1 saturated heterocycles. The number of hydrogen-bond acceptors (Lipinski definition) is 4. The van der Waals surface area contributed by atoms with Crippen molar-refractivity contribution < 1.29 is 8.42 Å². The maximum absolute atomic E-state index is 11.5. The van der Waals surface area contributed by atoms with Crippen molar-refractivity contribution in [2.75, 3.05) is 37.7 Å². The van der Waals surface area contributed by atoms with E-state index in [1.54, 1.807) is 0 Å². The van der Waals surface area contributed by atoms with Gasteiger partial charge < -0.3 is 5.32 Å². The maximum Gasteiger partial charge on any atom is 0.153 e. The van der Waals surface area contributed by atoms with Crippen LogP contribution in [0.2, 0.25) is 0 Å². The van der Waals surface area contributed by atoms with Crippen LogP contribution in [0.25, 0.3) is 0 Å². The molecule has 1 aliphatic rings. The Bertz CT molecular complexity index is 352. The fourth-order valence-electron chi connectivity index (χ4n) is 2.48. The molecule has 4 nitrogen and oxygen atoms in total. The fraction of sp³-hybridized carbons (Fsp3) is 1.00. The van der Waals surface area contributed by atoms with Crippen LogP contribution in [0, 0.1) is 5.41 Å². The van der Waals surface area contributed by atoms with Crippen molar-refractivity contribution in [1.29, 1.82) is 0 Å². The molecule has 1 aliphatic heterocycles. The SMILES string of the molecule is CCCNCC(C)(C)CN1CCS(=O)(=O)CC1C. The molecule has 1 atom stereocenters. The summed E-state index contributed by atoms with van der Waals surface area (Å²) in [7, 11) is -2.80. The molecule has 0 aromatic heterocycles. The quantitative estimate of drug-likeness (QED) is 0.739. The minimum Gasteiger partial charge on any atom is -0.316 e. The molecule has 0 aromatic rings. The van der Waals surface area contributed by atoms with Gasteiger partial charge in [-0.1, -0.05) is 20.8 Å². The number of rotatable bonds is 6. The lowest BCUT2D eigenvalue weighted by Crippen LogP contribution is -2.51. The van der Waals surface area contributed by atoms with Gasteiger partial charge in [-0.15, -0.1) is 0 Å². The Morgan fingerprint density at radius 2 is 2.06 bits per heavy atom. The first-order chi connectivity index (χ1) is 8.26. The molecule has 1 N–H and O–H groups in total. The molecule has 18 heavy (non-hydrogen) atoms. The van der Waals surface area contributed by atoms with Crippen LogP contribution in [0.15, 0.2) is 0 Å². The highest BCUT2D eigenvalue weighted by atomic mass is 32.2. The molecule has 0 spiro atoms. The minimum absolute atomic E-state index is 0.147. The third-order valence-corrected chi connectivity index (χ3v) is 5.26. The summed E-state index contributed by atoms with van der Waals surface area (Å²) in [5, 5.41) is 3.45. The first-order valence-corrected chi connectivity index (χ1v) is 8.73. The summed E-state index contributed by atoms with van der Waals surface area (Å²) in [5.41, 5.74) is 0.185. The number of nitrogens with zero attached hydrogens (tertiary/aromatic N) is 1. The molecule has 5 heteroatoms. The molecular weight excluding hydrogens is 248 g/mol. The van der Waals surface area contributed by atoms with Gasteiger partial charge in [-0.2, -0.15) is 0 Å². The average Bonchev–Trinajstić information content (AvgIpc) is 2.22. The van der Waals surface area contributed by atoms with Gasteiger partial charge in [0.25, 0.3) is 0 Å². The van der Waals surface area contributed by atoms with Gasteiger partial charge in [0.1, 0.15) is 0 Å². The van der Waals surface area contributed by atoms with Crippen molar-refractivity contribution in [3.8, 4) is 0 Å². The van der Waals surface area contributed by atoms with Gasteiger partial charge in [0, 0.05) is 25.7 Å². The molecule has 1 fully saturated rings. The normalized spacial score (nSPS) is 25.2. The van der Waals surface area contributed by atoms with Crippen LogP contribution in [0.5, 0.6) is 0 Å². The number of sulfone groups is 1. The smallest absolute Gasteiger partial charge is 0.153 e. The second-order valence-corrected chi connectivity index (χ2v) is 8.50. The molecular formula is C13H28N2O2S. The van der Waals surface area contributed by atoms with E-state index in [9.17, 15) is 8.42 Å². The van der Waals surface area contributed by atoms with Crippen LogP contribution in [-0.4, -0.2) is 57.0 Å². The number of nitrogens with one attached hydrogen (secondary N) is 1. The van der Waals surface area contributed by atoms with Crippen molar-refractivity contribution in [3.63, 3.8) is 0 Å². The van der Waals surface area contributed by atoms with E-state index in [4.69, 9.17) is 0 Å². The molecule has 0 radical (unpaired) electrons. The maximum atomic E-state index is 11.5. The minimum atomic E-state index is -2.80. The Balaban J connectivity index is 2.46. The van der Waals surface area contributed by atoms with Gasteiger partial charge in [-0.25, -0.2) is 8.42 Å². The fourth-order valence-corrected chi connectivity index (χ4v) is 4.10. The summed E-state index contributed by atoms with van der Waals surface area (Å²) in [4.78, 5) is 2.31. The van der Waals surface area contributed by atoms with E-state index in [0.717, 1.165) is 26.1 Å². The lowest BCUT2D eigenvalue weighted by atomic mass is 9.92. The Morgan fingerprint density at radius 3 is 2.61 bits per heavy atom. The third kappa shape index (κ3) is 5.24. The highest BCUT2D eigenvalue weighted by Gasteiger charge is 2.31. The number of hydrogen-bond donors (Lipinski definition) is 1. The lowest BCUT2D eigenvalue weighted by Gasteiger charge is -2.39. The zero-order valence-corrected chi connectivity index (χ0v) is 13.0. The molecule has 1 heterocycles. The third-order valence-electron chi connectivity index (χ3n) is 3.47. The van der Waals surface area contributed by atoms with E-state index < -0.39 is 9.84 Å². The van der Waals surface area contributed by atoms with Crippen LogP contribution in [0.4, 0.5) is 0 Å². The molecule has 1 rings (SSSR count). The van der Waals surface area contributed by atoms with E-state index in [0.29, 0.717) is 18.1 Å². The highest BCUT2D eigenvalue weighted by molar-refractivity contribution is 7.91. The van der Waals surface area contributed by atoms with Gasteiger partial charge in [0.2, 0.25) is 0 Å². The molecule has 1 unspecified atom stereocenters. The van der Waals surface area contributed by atoms with E-state index in [-0.39, 0.29) is 11.5 Å². The summed E-state index contributed by atoms with van der Waals surface area (Å²) in [6.07, 6.45) is 1.15. The standard InChI is InChI=1S/C13H28N2O2S/c1-5-6-14-10-13(3,4)11-15-7-8-18(16,17)9-12(15)2/h12,14H,5-11H2,1-4H3. The molecule has 0 amide bonds. The van der Waals surface area contributed by atoms with Crippen molar-refractivity contribution in [1.82, 2.24) is 10.2 Å². The Labute approximate surface area is 112 Å². The monoisotopic (exact) mass is 276 g/mol. The Kier molecular flexibility index (Phi) is 5.62. The zero-order valence-electron chi connectivity index (χ0n) is 12.2. The largest absolute Gasteiger partial charge is 0.316 e. The van der Waals surface area contributed by atoms with Crippen LogP contribution in [0.1, 0.15) is 34.1 Å². The summed E-state index contributed by atoms with van der Waals surface area (Å²) >= 11 is 0. The van der Waals surface area contributed by atoms with Gasteiger partial charge in [0.05, 0.1) is 11.5 Å². The zero-order chi connectivity index (χ0) is 13.8. The molecule has 0 saturated carbocycles. The van der Waals surface area contributed by atoms with Crippen LogP contribution >= 0.6 is 0 Å². The lowest BCUT2D eigenvalue weighted by molar-refractivity contribution is 0.146. The first kappa shape index (κ1) is 15.9. The van der Waals surface area contributed by atoms with Crippen LogP contribution < -0.4 is 5.32 Å². The van der Waals surface area contributed by atoms with Gasteiger partial charge >= 0.3 is 0 Å². The van der Waals surface area contributed by atoms with Crippen molar-refractivity contribution in [3.05, 3.63) is 0 Å². The van der Waals surface area contributed by atoms with Gasteiger partial charge in [0.15, 0.2) is 9.84 Å². The highest BCUT2D eigenvalue weighted by Crippen LogP contribution is 2.20. The van der Waals surface area contributed by atoms with E-state index in [1.807, 2.05) is 6.92 Å². The summed E-state index contributed by atoms with van der Waals surface area (Å²) in [5.74, 6) is 0.626. The second-order valence-electron chi connectivity index (χ2n) is 6.27. The van der Waals surface area contributed by atoms with E-state index in [1.165, 1.54) is 0 Å². The second kappa shape index (κ2) is 6.35. The topological polar surface area (TPSA) is 49.4 Å². The molecule has 0 aromatic carbocycles. The van der Waals surface area contributed by atoms with Crippen molar-refractivity contribution in [2.24, 2.45) is 5.41 Å². The average molecular weight is 276 g/mol.